The van der Waals surface area contributed by atoms with Crippen LogP contribution in [0.4, 0.5) is 5.69 Å². The van der Waals surface area contributed by atoms with E-state index >= 15 is 0 Å². The molecule has 168 valence electrons. The third-order valence-electron chi connectivity index (χ3n) is 5.29. The van der Waals surface area contributed by atoms with Crippen LogP contribution in [-0.2, 0) is 9.53 Å². The second-order valence-corrected chi connectivity index (χ2v) is 8.41. The molecule has 1 atom stereocenters. The van der Waals surface area contributed by atoms with Gasteiger partial charge in [-0.15, -0.1) is 0 Å². The number of esters is 1. The molecule has 0 bridgehead atoms. The molecule has 0 radical (unpaired) electrons. The van der Waals surface area contributed by atoms with Gasteiger partial charge in [-0.05, 0) is 76.7 Å². The number of thiocarbonyl (C=S) groups is 1. The highest BCUT2D eigenvalue weighted by molar-refractivity contribution is 7.80. The van der Waals surface area contributed by atoms with Gasteiger partial charge in [-0.1, -0.05) is 29.8 Å². The van der Waals surface area contributed by atoms with Gasteiger partial charge in [-0.25, -0.2) is 4.79 Å². The molecule has 32 heavy (non-hydrogen) atoms. The predicted octanol–water partition coefficient (Wildman–Crippen LogP) is 4.72. The number of nitrogens with zero attached hydrogens (tertiary/aromatic N) is 1. The highest BCUT2D eigenvalue weighted by Gasteiger charge is 2.34. The zero-order valence-corrected chi connectivity index (χ0v) is 19.9. The van der Waals surface area contributed by atoms with Gasteiger partial charge in [0.05, 0.1) is 17.7 Å². The highest BCUT2D eigenvalue weighted by atomic mass is 32.1. The number of hydrogen-bond acceptors (Lipinski definition) is 4. The van der Waals surface area contributed by atoms with E-state index in [0.717, 1.165) is 16.8 Å². The van der Waals surface area contributed by atoms with Gasteiger partial charge >= 0.3 is 5.97 Å². The van der Waals surface area contributed by atoms with E-state index < -0.39 is 6.04 Å². The van der Waals surface area contributed by atoms with Crippen molar-refractivity contribution < 1.29 is 14.3 Å². The van der Waals surface area contributed by atoms with Crippen molar-refractivity contribution in [2.24, 2.45) is 0 Å². The summed E-state index contributed by atoms with van der Waals surface area (Å²) in [7, 11) is 0. The first-order valence-corrected chi connectivity index (χ1v) is 11.1. The Bertz CT molecular complexity index is 1040. The Morgan fingerprint density at radius 3 is 2.28 bits per heavy atom. The summed E-state index contributed by atoms with van der Waals surface area (Å²) in [5, 5.41) is 6.74. The van der Waals surface area contributed by atoms with Gasteiger partial charge in [0.15, 0.2) is 5.11 Å². The van der Waals surface area contributed by atoms with Crippen molar-refractivity contribution in [1.82, 2.24) is 10.2 Å². The summed E-state index contributed by atoms with van der Waals surface area (Å²) < 4.78 is 5.51. The van der Waals surface area contributed by atoms with E-state index in [1.54, 1.807) is 12.1 Å². The van der Waals surface area contributed by atoms with Gasteiger partial charge in [0.1, 0.15) is 0 Å². The minimum Gasteiger partial charge on any atom is -0.459 e. The quantitative estimate of drug-likeness (QED) is 0.489. The molecule has 7 heteroatoms. The van der Waals surface area contributed by atoms with Crippen LogP contribution in [0.2, 0.25) is 0 Å². The minimum atomic E-state index is -0.432. The normalized spacial score (nSPS) is 16.1. The minimum absolute atomic E-state index is 0.176. The van der Waals surface area contributed by atoms with Crippen molar-refractivity contribution in [3.8, 4) is 0 Å². The van der Waals surface area contributed by atoms with Gasteiger partial charge in [0.2, 0.25) is 0 Å². The molecule has 0 spiro atoms. The van der Waals surface area contributed by atoms with Crippen molar-refractivity contribution in [2.75, 3.05) is 11.9 Å². The summed E-state index contributed by atoms with van der Waals surface area (Å²) in [5.74, 6) is -0.544. The van der Waals surface area contributed by atoms with Crippen LogP contribution in [0.1, 0.15) is 55.2 Å². The molecule has 0 aliphatic carbocycles. The van der Waals surface area contributed by atoms with E-state index in [0.29, 0.717) is 28.5 Å². The van der Waals surface area contributed by atoms with Crippen molar-refractivity contribution in [3.63, 3.8) is 0 Å². The van der Waals surface area contributed by atoms with Gasteiger partial charge in [0.25, 0.3) is 5.91 Å². The van der Waals surface area contributed by atoms with Gasteiger partial charge < -0.3 is 20.3 Å². The molecule has 2 aromatic carbocycles. The van der Waals surface area contributed by atoms with Crippen LogP contribution in [0.3, 0.4) is 0 Å². The Hall–Kier alpha value is -3.19. The molecule has 1 amide bonds. The van der Waals surface area contributed by atoms with Crippen LogP contribution < -0.4 is 10.6 Å². The number of benzene rings is 2. The molecule has 0 unspecified atom stereocenters. The van der Waals surface area contributed by atoms with Gasteiger partial charge in [0, 0.05) is 23.5 Å². The molecular weight excluding hydrogens is 422 g/mol. The maximum absolute atomic E-state index is 12.9. The molecule has 0 saturated heterocycles. The van der Waals surface area contributed by atoms with E-state index in [1.165, 1.54) is 0 Å². The molecule has 1 aliphatic heterocycles. The smallest absolute Gasteiger partial charge is 0.338 e. The van der Waals surface area contributed by atoms with E-state index in [2.05, 4.69) is 10.6 Å². The van der Waals surface area contributed by atoms with Crippen LogP contribution in [0.15, 0.2) is 59.8 Å². The molecule has 0 fully saturated rings. The van der Waals surface area contributed by atoms with Gasteiger partial charge in [-0.3, -0.25) is 4.79 Å². The molecule has 3 rings (SSSR count). The Labute approximate surface area is 194 Å². The SMILES string of the molecule is CCN1C(=S)N[C@@H](c2ccc(NC(=O)c3ccc(C)cc3)cc2)C(C(=O)OC(C)C)=C1C. The van der Waals surface area contributed by atoms with Gasteiger partial charge in [-0.2, -0.15) is 0 Å². The zero-order valence-electron chi connectivity index (χ0n) is 19.1. The second-order valence-electron chi connectivity index (χ2n) is 8.02. The van der Waals surface area contributed by atoms with E-state index in [-0.39, 0.29) is 18.0 Å². The van der Waals surface area contributed by atoms with Crippen LogP contribution in [0.25, 0.3) is 0 Å². The zero-order chi connectivity index (χ0) is 23.4. The Kier molecular flexibility index (Phi) is 7.30. The highest BCUT2D eigenvalue weighted by Crippen LogP contribution is 2.32. The third kappa shape index (κ3) is 5.16. The lowest BCUT2D eigenvalue weighted by atomic mass is 9.94. The van der Waals surface area contributed by atoms with Crippen molar-refractivity contribution >= 4 is 34.9 Å². The summed E-state index contributed by atoms with van der Waals surface area (Å²) in [6.45, 7) is 10.1. The van der Waals surface area contributed by atoms with Crippen LogP contribution in [0, 0.1) is 6.92 Å². The van der Waals surface area contributed by atoms with Crippen LogP contribution >= 0.6 is 12.2 Å². The number of anilines is 1. The predicted molar refractivity (Wildman–Crippen MR) is 130 cm³/mol. The number of carbonyl (C=O) groups excluding carboxylic acids is 2. The molecule has 1 aliphatic rings. The molecule has 0 aromatic heterocycles. The lowest BCUT2D eigenvalue weighted by molar-refractivity contribution is -0.143. The fraction of sp³-hybridized carbons (Fsp3) is 0.320. The first kappa shape index (κ1) is 23.5. The van der Waals surface area contributed by atoms with E-state index in [1.807, 2.05) is 75.9 Å². The number of carbonyl (C=O) groups is 2. The maximum atomic E-state index is 12.9. The number of allylic oxidation sites excluding steroid dienone is 1. The summed E-state index contributed by atoms with van der Waals surface area (Å²) in [6.07, 6.45) is -0.230. The topological polar surface area (TPSA) is 70.7 Å². The lowest BCUT2D eigenvalue weighted by Crippen LogP contribution is -2.47. The second kappa shape index (κ2) is 9.96. The first-order valence-electron chi connectivity index (χ1n) is 10.7. The summed E-state index contributed by atoms with van der Waals surface area (Å²) in [6, 6.07) is 14.4. The summed E-state index contributed by atoms with van der Waals surface area (Å²) in [4.78, 5) is 27.3. The maximum Gasteiger partial charge on any atom is 0.338 e. The van der Waals surface area contributed by atoms with Crippen LogP contribution in [0.5, 0.6) is 0 Å². The van der Waals surface area contributed by atoms with E-state index in [9.17, 15) is 9.59 Å². The fourth-order valence-electron chi connectivity index (χ4n) is 3.62. The third-order valence-corrected chi connectivity index (χ3v) is 5.63. The largest absolute Gasteiger partial charge is 0.459 e. The number of rotatable bonds is 6. The number of ether oxygens (including phenoxy) is 1. The molecule has 0 saturated carbocycles. The Morgan fingerprint density at radius 1 is 1.09 bits per heavy atom. The number of nitrogens with one attached hydrogen (secondary N) is 2. The monoisotopic (exact) mass is 451 g/mol. The molecule has 2 N–H and O–H groups in total. The average molecular weight is 452 g/mol. The number of hydrogen-bond donors (Lipinski definition) is 2. The average Bonchev–Trinajstić information content (AvgIpc) is 2.74. The number of amides is 1. The van der Waals surface area contributed by atoms with Crippen molar-refractivity contribution in [3.05, 3.63) is 76.5 Å². The number of aryl methyl sites for hydroxylation is 1. The van der Waals surface area contributed by atoms with E-state index in [4.69, 9.17) is 17.0 Å². The Morgan fingerprint density at radius 2 is 1.72 bits per heavy atom. The lowest BCUT2D eigenvalue weighted by Gasteiger charge is -2.37. The molecule has 1 heterocycles. The summed E-state index contributed by atoms with van der Waals surface area (Å²) >= 11 is 5.53. The molecule has 6 nitrogen and oxygen atoms in total. The first-order chi connectivity index (χ1) is 15.2. The van der Waals surface area contributed by atoms with Crippen molar-refractivity contribution in [1.29, 1.82) is 0 Å². The summed E-state index contributed by atoms with van der Waals surface area (Å²) in [5.41, 5.74) is 4.53. The Balaban J connectivity index is 1.86. The molecular formula is C25H29N3O3S. The standard InChI is InChI=1S/C25H29N3O3S/c1-6-28-17(5)21(24(30)31-15(2)3)22(27-25(28)32)18-11-13-20(14-12-18)26-23(29)19-9-7-16(4)8-10-19/h7-15,22H,6H2,1-5H3,(H,26,29)(H,27,32)/t22-/m0/s1. The van der Waals surface area contributed by atoms with Crippen molar-refractivity contribution in [2.45, 2.75) is 46.8 Å². The fourth-order valence-corrected chi connectivity index (χ4v) is 4.01. The molecule has 2 aromatic rings. The van der Waals surface area contributed by atoms with Crippen LogP contribution in [-0.4, -0.2) is 34.5 Å².